The molecule has 2 rings (SSSR count). The fraction of sp³-hybridized carbons (Fsp3) is 0.538. The van der Waals surface area contributed by atoms with Crippen molar-refractivity contribution in [3.05, 3.63) is 34.3 Å². The summed E-state index contributed by atoms with van der Waals surface area (Å²) in [7, 11) is -3.34. The summed E-state index contributed by atoms with van der Waals surface area (Å²) in [5.74, 6) is 0.0617. The first-order valence-electron chi connectivity index (χ1n) is 6.43. The van der Waals surface area contributed by atoms with Gasteiger partial charge in [-0.1, -0.05) is 34.1 Å². The summed E-state index contributed by atoms with van der Waals surface area (Å²) < 4.78 is 23.0. The highest BCUT2D eigenvalue weighted by Crippen LogP contribution is 2.29. The number of sulfonamides is 1. The van der Waals surface area contributed by atoms with Gasteiger partial charge in [-0.25, -0.2) is 13.6 Å². The molecule has 1 aromatic carbocycles. The molecule has 0 heterocycles. The summed E-state index contributed by atoms with van der Waals surface area (Å²) >= 11 is 3.55. The van der Waals surface area contributed by atoms with Crippen LogP contribution < -0.4 is 5.14 Å². The van der Waals surface area contributed by atoms with Crippen LogP contribution in [0.5, 0.6) is 0 Å². The van der Waals surface area contributed by atoms with Crippen LogP contribution in [-0.2, 0) is 16.6 Å². The third kappa shape index (κ3) is 5.22. The van der Waals surface area contributed by atoms with Gasteiger partial charge in [0.1, 0.15) is 0 Å². The molecule has 1 fully saturated rings. The molecule has 0 aromatic heterocycles. The van der Waals surface area contributed by atoms with Crippen LogP contribution in [0.3, 0.4) is 0 Å². The van der Waals surface area contributed by atoms with E-state index in [1.165, 1.54) is 18.4 Å². The number of primary sulfonamides is 1. The van der Waals surface area contributed by atoms with Crippen LogP contribution in [0.4, 0.5) is 0 Å². The van der Waals surface area contributed by atoms with E-state index in [1.54, 1.807) is 0 Å². The van der Waals surface area contributed by atoms with Crippen molar-refractivity contribution in [3.63, 3.8) is 0 Å². The Balaban J connectivity index is 1.92. The fourth-order valence-electron chi connectivity index (χ4n) is 2.14. The summed E-state index contributed by atoms with van der Waals surface area (Å²) in [4.78, 5) is 2.35. The zero-order valence-corrected chi connectivity index (χ0v) is 13.2. The quantitative estimate of drug-likeness (QED) is 0.822. The molecule has 1 aliphatic carbocycles. The van der Waals surface area contributed by atoms with Gasteiger partial charge in [-0.3, -0.25) is 4.90 Å². The number of hydrogen-bond acceptors (Lipinski definition) is 3. The molecule has 6 heteroatoms. The van der Waals surface area contributed by atoms with Crippen molar-refractivity contribution >= 4 is 26.0 Å². The van der Waals surface area contributed by atoms with Crippen LogP contribution >= 0.6 is 15.9 Å². The first kappa shape index (κ1) is 15.0. The lowest BCUT2D eigenvalue weighted by Gasteiger charge is -2.22. The Kier molecular flexibility index (Phi) is 5.00. The molecule has 0 aliphatic heterocycles. The molecule has 1 aliphatic rings. The van der Waals surface area contributed by atoms with E-state index in [0.29, 0.717) is 12.5 Å². The Bertz CT molecular complexity index is 529. The van der Waals surface area contributed by atoms with Crippen molar-refractivity contribution in [1.82, 2.24) is 4.90 Å². The van der Waals surface area contributed by atoms with Crippen molar-refractivity contribution in [3.8, 4) is 0 Å². The van der Waals surface area contributed by atoms with Crippen LogP contribution in [0.25, 0.3) is 0 Å². The van der Waals surface area contributed by atoms with E-state index in [0.717, 1.165) is 17.6 Å². The summed E-state index contributed by atoms with van der Waals surface area (Å²) in [5.41, 5.74) is 1.24. The number of rotatable bonds is 7. The maximum atomic E-state index is 11.0. The normalized spacial score (nSPS) is 15.9. The van der Waals surface area contributed by atoms with Gasteiger partial charge in [0.15, 0.2) is 0 Å². The Morgan fingerprint density at radius 3 is 2.58 bits per heavy atom. The molecule has 4 nitrogen and oxygen atoms in total. The monoisotopic (exact) mass is 346 g/mol. The second kappa shape index (κ2) is 6.35. The smallest absolute Gasteiger partial charge is 0.209 e. The first-order chi connectivity index (χ1) is 8.96. The highest BCUT2D eigenvalue weighted by molar-refractivity contribution is 9.10. The molecule has 0 bridgehead atoms. The summed E-state index contributed by atoms with van der Waals surface area (Å²) in [5, 5.41) is 5.04. The van der Waals surface area contributed by atoms with Crippen molar-refractivity contribution in [2.75, 3.05) is 12.3 Å². The second-order valence-electron chi connectivity index (χ2n) is 5.01. The highest BCUT2D eigenvalue weighted by atomic mass is 79.9. The second-order valence-corrected chi connectivity index (χ2v) is 7.60. The van der Waals surface area contributed by atoms with Crippen molar-refractivity contribution in [2.45, 2.75) is 31.8 Å². The fourth-order valence-corrected chi connectivity index (χ4v) is 3.09. The minimum Gasteiger partial charge on any atom is -0.296 e. The largest absolute Gasteiger partial charge is 0.296 e. The van der Waals surface area contributed by atoms with Crippen LogP contribution in [-0.4, -0.2) is 31.7 Å². The molecule has 0 saturated heterocycles. The molecule has 0 radical (unpaired) electrons. The summed E-state index contributed by atoms with van der Waals surface area (Å²) in [6.07, 6.45) is 3.01. The van der Waals surface area contributed by atoms with Crippen molar-refractivity contribution in [2.24, 2.45) is 5.14 Å². The average Bonchev–Trinajstić information content (AvgIpc) is 3.13. The van der Waals surface area contributed by atoms with E-state index >= 15 is 0 Å². The lowest BCUT2D eigenvalue weighted by Crippen LogP contribution is -2.29. The number of nitrogens with two attached hydrogens (primary N) is 1. The minimum absolute atomic E-state index is 0.0617. The molecular formula is C13H19BrN2O2S. The molecule has 1 saturated carbocycles. The molecule has 0 atom stereocenters. The molecule has 0 spiro atoms. The van der Waals surface area contributed by atoms with Crippen molar-refractivity contribution < 1.29 is 8.42 Å². The molecule has 0 unspecified atom stereocenters. The van der Waals surface area contributed by atoms with E-state index in [9.17, 15) is 8.42 Å². The van der Waals surface area contributed by atoms with E-state index in [-0.39, 0.29) is 5.75 Å². The van der Waals surface area contributed by atoms with E-state index < -0.39 is 10.0 Å². The zero-order chi connectivity index (χ0) is 13.9. The van der Waals surface area contributed by atoms with Crippen LogP contribution in [0.1, 0.15) is 24.8 Å². The highest BCUT2D eigenvalue weighted by Gasteiger charge is 2.29. The summed E-state index contributed by atoms with van der Waals surface area (Å²) in [6, 6.07) is 8.75. The van der Waals surface area contributed by atoms with Gasteiger partial charge >= 0.3 is 0 Å². The molecular weight excluding hydrogens is 328 g/mol. The number of benzene rings is 1. The SMILES string of the molecule is NS(=O)(=O)CCCN(Cc1ccccc1Br)C1CC1. The molecule has 0 amide bonds. The van der Waals surface area contributed by atoms with Gasteiger partial charge in [-0.2, -0.15) is 0 Å². The van der Waals surface area contributed by atoms with Gasteiger partial charge in [0.25, 0.3) is 0 Å². The van der Waals surface area contributed by atoms with Gasteiger partial charge in [0, 0.05) is 17.1 Å². The average molecular weight is 347 g/mol. The Hall–Kier alpha value is -0.430. The number of halogens is 1. The van der Waals surface area contributed by atoms with Crippen LogP contribution in [0.15, 0.2) is 28.7 Å². The maximum Gasteiger partial charge on any atom is 0.209 e. The molecule has 1 aromatic rings. The van der Waals surface area contributed by atoms with Crippen molar-refractivity contribution in [1.29, 1.82) is 0 Å². The Labute approximate surface area is 123 Å². The first-order valence-corrected chi connectivity index (χ1v) is 8.94. The van der Waals surface area contributed by atoms with E-state index in [1.807, 2.05) is 18.2 Å². The Morgan fingerprint density at radius 2 is 2.00 bits per heavy atom. The van der Waals surface area contributed by atoms with Crippen LogP contribution in [0, 0.1) is 0 Å². The van der Waals surface area contributed by atoms with Gasteiger partial charge in [-0.05, 0) is 37.4 Å². The van der Waals surface area contributed by atoms with Gasteiger partial charge in [0.05, 0.1) is 5.75 Å². The standard InChI is InChI=1S/C13H19BrN2O2S/c14-13-5-2-1-4-11(13)10-16(12-6-7-12)8-3-9-19(15,17)18/h1-2,4-5,12H,3,6-10H2,(H2,15,17,18). The molecule has 19 heavy (non-hydrogen) atoms. The van der Waals surface area contributed by atoms with E-state index in [2.05, 4.69) is 26.9 Å². The predicted molar refractivity (Wildman–Crippen MR) is 80.2 cm³/mol. The topological polar surface area (TPSA) is 63.4 Å². The number of hydrogen-bond donors (Lipinski definition) is 1. The third-order valence-electron chi connectivity index (χ3n) is 3.27. The maximum absolute atomic E-state index is 11.0. The lowest BCUT2D eigenvalue weighted by molar-refractivity contribution is 0.255. The van der Waals surface area contributed by atoms with Gasteiger partial charge in [0.2, 0.25) is 10.0 Å². The third-order valence-corrected chi connectivity index (χ3v) is 4.90. The van der Waals surface area contributed by atoms with Gasteiger partial charge < -0.3 is 0 Å². The lowest BCUT2D eigenvalue weighted by atomic mass is 10.2. The predicted octanol–water partition coefficient (Wildman–Crippen LogP) is 2.09. The van der Waals surface area contributed by atoms with E-state index in [4.69, 9.17) is 5.14 Å². The zero-order valence-electron chi connectivity index (χ0n) is 10.8. The summed E-state index contributed by atoms with van der Waals surface area (Å²) in [6.45, 7) is 1.64. The van der Waals surface area contributed by atoms with Crippen LogP contribution in [0.2, 0.25) is 0 Å². The molecule has 2 N–H and O–H groups in total. The Morgan fingerprint density at radius 1 is 1.32 bits per heavy atom. The molecule has 106 valence electrons. The minimum atomic E-state index is -3.34. The number of nitrogens with zero attached hydrogens (tertiary/aromatic N) is 1. The van der Waals surface area contributed by atoms with Gasteiger partial charge in [-0.15, -0.1) is 0 Å².